The van der Waals surface area contributed by atoms with Crippen LogP contribution < -0.4 is 10.6 Å². The van der Waals surface area contributed by atoms with Crippen molar-refractivity contribution in [3.63, 3.8) is 0 Å². The van der Waals surface area contributed by atoms with E-state index in [1.165, 1.54) is 5.56 Å². The molecule has 0 spiro atoms. The molecule has 10 nitrogen and oxygen atoms in total. The maximum absolute atomic E-state index is 12.5. The van der Waals surface area contributed by atoms with Crippen molar-refractivity contribution in [3.8, 4) is 22.5 Å². The molecule has 2 saturated heterocycles. The number of rotatable bonds is 8. The lowest BCUT2D eigenvalue weighted by Gasteiger charge is -2.26. The molecular weight excluding hydrogens is 516 g/mol. The highest BCUT2D eigenvalue weighted by Gasteiger charge is 2.19. The molecule has 4 heterocycles. The molecule has 2 aromatic heterocycles. The molecule has 0 atom stereocenters. The number of likely N-dealkylation sites (tertiary alicyclic amines) is 1. The molecule has 212 valence electrons. The van der Waals surface area contributed by atoms with E-state index in [2.05, 4.69) is 38.7 Å². The molecule has 4 aromatic rings. The van der Waals surface area contributed by atoms with Gasteiger partial charge < -0.3 is 20.3 Å². The molecule has 2 N–H and O–H groups in total. The third-order valence-corrected chi connectivity index (χ3v) is 7.57. The Balaban J connectivity index is 1.15. The van der Waals surface area contributed by atoms with Crippen LogP contribution in [0.15, 0.2) is 67.0 Å². The number of urea groups is 1. The minimum absolute atomic E-state index is 0.0440. The van der Waals surface area contributed by atoms with E-state index < -0.39 is 0 Å². The summed E-state index contributed by atoms with van der Waals surface area (Å²) in [4.78, 5) is 26.1. The number of nitrogens with zero attached hydrogens (tertiary/aromatic N) is 6. The first-order valence-electron chi connectivity index (χ1n) is 14.3. The van der Waals surface area contributed by atoms with E-state index in [9.17, 15) is 4.79 Å². The Hall–Kier alpha value is -4.28. The maximum atomic E-state index is 12.5. The highest BCUT2D eigenvalue weighted by atomic mass is 16.5. The Kier molecular flexibility index (Phi) is 8.20. The van der Waals surface area contributed by atoms with Gasteiger partial charge >= 0.3 is 6.03 Å². The summed E-state index contributed by atoms with van der Waals surface area (Å²) in [5.41, 5.74) is 6.45. The second-order valence-corrected chi connectivity index (χ2v) is 10.6. The third-order valence-electron chi connectivity index (χ3n) is 7.57. The first-order chi connectivity index (χ1) is 20.1. The van der Waals surface area contributed by atoms with Gasteiger partial charge in [-0.05, 0) is 55.2 Å². The molecule has 2 aliphatic heterocycles. The lowest BCUT2D eigenvalue weighted by atomic mass is 10.1. The predicted molar refractivity (Wildman–Crippen MR) is 160 cm³/mol. The van der Waals surface area contributed by atoms with Crippen molar-refractivity contribution in [1.82, 2.24) is 29.5 Å². The number of nitrogens with one attached hydrogen (secondary N) is 2. The van der Waals surface area contributed by atoms with Crippen LogP contribution in [0, 0.1) is 0 Å². The molecule has 0 unspecified atom stereocenters. The zero-order valence-electron chi connectivity index (χ0n) is 23.4. The van der Waals surface area contributed by atoms with Crippen LogP contribution in [-0.4, -0.2) is 81.5 Å². The van der Waals surface area contributed by atoms with Gasteiger partial charge in [0.2, 0.25) is 5.95 Å². The zero-order chi connectivity index (χ0) is 28.0. The van der Waals surface area contributed by atoms with Gasteiger partial charge in [-0.2, -0.15) is 5.10 Å². The minimum atomic E-state index is -0.0440. The van der Waals surface area contributed by atoms with Crippen LogP contribution in [0.1, 0.15) is 18.4 Å². The van der Waals surface area contributed by atoms with Gasteiger partial charge in [-0.1, -0.05) is 24.3 Å². The number of carbonyl (C=O) groups is 1. The van der Waals surface area contributed by atoms with Crippen LogP contribution in [0.3, 0.4) is 0 Å². The second-order valence-electron chi connectivity index (χ2n) is 10.6. The lowest BCUT2D eigenvalue weighted by molar-refractivity contribution is 0.0384. The number of hydrogen-bond donors (Lipinski definition) is 2. The minimum Gasteiger partial charge on any atom is -0.379 e. The number of aromatic nitrogens is 4. The summed E-state index contributed by atoms with van der Waals surface area (Å²) in [6, 6.07) is 18.1. The summed E-state index contributed by atoms with van der Waals surface area (Å²) < 4.78 is 7.25. The Bertz CT molecular complexity index is 1470. The number of aryl methyl sites for hydroxylation is 1. The quantitative estimate of drug-likeness (QED) is 0.324. The Morgan fingerprint density at radius 2 is 1.78 bits per heavy atom. The number of morpholine rings is 1. The third kappa shape index (κ3) is 6.72. The number of ether oxygens (including phenoxy) is 1. The van der Waals surface area contributed by atoms with E-state index in [4.69, 9.17) is 14.8 Å². The van der Waals surface area contributed by atoms with Crippen molar-refractivity contribution < 1.29 is 9.53 Å². The monoisotopic (exact) mass is 552 g/mol. The number of anilines is 3. The number of carbonyl (C=O) groups excluding carboxylic acids is 1. The van der Waals surface area contributed by atoms with Gasteiger partial charge in [-0.25, -0.2) is 14.8 Å². The van der Waals surface area contributed by atoms with Gasteiger partial charge in [0.15, 0.2) is 0 Å². The molecule has 6 rings (SSSR count). The summed E-state index contributed by atoms with van der Waals surface area (Å²) in [6.07, 6.45) is 6.85. The van der Waals surface area contributed by atoms with Crippen molar-refractivity contribution in [2.24, 2.45) is 7.05 Å². The molecule has 2 amide bonds. The van der Waals surface area contributed by atoms with Crippen molar-refractivity contribution >= 4 is 23.4 Å². The van der Waals surface area contributed by atoms with Crippen LogP contribution in [0.5, 0.6) is 0 Å². The highest BCUT2D eigenvalue weighted by Crippen LogP contribution is 2.31. The van der Waals surface area contributed by atoms with Crippen LogP contribution in [-0.2, 0) is 18.2 Å². The largest absolute Gasteiger partial charge is 0.379 e. The molecular formula is C31H36N8O2. The van der Waals surface area contributed by atoms with Crippen LogP contribution >= 0.6 is 0 Å². The van der Waals surface area contributed by atoms with Crippen LogP contribution in [0.4, 0.5) is 22.1 Å². The Morgan fingerprint density at radius 3 is 2.59 bits per heavy atom. The van der Waals surface area contributed by atoms with Crippen molar-refractivity contribution in [2.75, 3.05) is 56.6 Å². The van der Waals surface area contributed by atoms with Gasteiger partial charge in [0.05, 0.1) is 18.9 Å². The average molecular weight is 553 g/mol. The van der Waals surface area contributed by atoms with Gasteiger partial charge in [-0.15, -0.1) is 0 Å². The second kappa shape index (κ2) is 12.5. The van der Waals surface area contributed by atoms with E-state index in [-0.39, 0.29) is 6.03 Å². The standard InChI is InChI=1S/C31H36N8O2/c1-37-22-27(29(36-37)24-7-9-25(10-8-24)34-31(40)39-14-2-3-15-39)28-11-13-32-30(35-28)33-26-6-4-5-23(21-26)12-16-38-17-19-41-20-18-38/h4-11,13,21-22H,2-3,12,14-20H2,1H3,(H,34,40)(H,32,33,35). The lowest BCUT2D eigenvalue weighted by Crippen LogP contribution is -2.37. The van der Waals surface area contributed by atoms with Crippen molar-refractivity contribution in [1.29, 1.82) is 0 Å². The maximum Gasteiger partial charge on any atom is 0.321 e. The smallest absolute Gasteiger partial charge is 0.321 e. The molecule has 2 aliphatic rings. The molecule has 0 aliphatic carbocycles. The Morgan fingerprint density at radius 1 is 0.976 bits per heavy atom. The fourth-order valence-electron chi connectivity index (χ4n) is 5.34. The number of benzene rings is 2. The summed E-state index contributed by atoms with van der Waals surface area (Å²) in [5, 5.41) is 11.1. The molecule has 0 radical (unpaired) electrons. The van der Waals surface area contributed by atoms with Crippen molar-refractivity contribution in [2.45, 2.75) is 19.3 Å². The normalized spacial score (nSPS) is 15.7. The number of amides is 2. The fourth-order valence-corrected chi connectivity index (χ4v) is 5.34. The summed E-state index contributed by atoms with van der Waals surface area (Å²) in [6.45, 7) is 6.28. The van der Waals surface area contributed by atoms with Crippen LogP contribution in [0.2, 0.25) is 0 Å². The molecule has 2 fully saturated rings. The SMILES string of the molecule is Cn1cc(-c2ccnc(Nc3cccc(CCN4CCOCC4)c3)n2)c(-c2ccc(NC(=O)N3CCCC3)cc2)n1. The van der Waals surface area contributed by atoms with Crippen molar-refractivity contribution in [3.05, 3.63) is 72.6 Å². The van der Waals surface area contributed by atoms with Gasteiger partial charge in [0.25, 0.3) is 0 Å². The first kappa shape index (κ1) is 26.9. The molecule has 2 aromatic carbocycles. The topological polar surface area (TPSA) is 100 Å². The van der Waals surface area contributed by atoms with E-state index in [0.29, 0.717) is 5.95 Å². The van der Waals surface area contributed by atoms with Crippen LogP contribution in [0.25, 0.3) is 22.5 Å². The van der Waals surface area contributed by atoms with E-state index >= 15 is 0 Å². The molecule has 0 bridgehead atoms. The summed E-state index contributed by atoms with van der Waals surface area (Å²) in [5.74, 6) is 0.530. The van der Waals surface area contributed by atoms with E-state index in [0.717, 1.165) is 99.1 Å². The molecule has 10 heteroatoms. The average Bonchev–Trinajstić information content (AvgIpc) is 3.68. The Labute approximate surface area is 240 Å². The van der Waals surface area contributed by atoms with Gasteiger partial charge in [0.1, 0.15) is 5.69 Å². The summed E-state index contributed by atoms with van der Waals surface area (Å²) >= 11 is 0. The number of hydrogen-bond acceptors (Lipinski definition) is 7. The van der Waals surface area contributed by atoms with E-state index in [1.807, 2.05) is 54.5 Å². The summed E-state index contributed by atoms with van der Waals surface area (Å²) in [7, 11) is 1.90. The highest BCUT2D eigenvalue weighted by molar-refractivity contribution is 5.90. The van der Waals surface area contributed by atoms with E-state index in [1.54, 1.807) is 10.9 Å². The first-order valence-corrected chi connectivity index (χ1v) is 14.3. The molecule has 0 saturated carbocycles. The molecule has 41 heavy (non-hydrogen) atoms. The van der Waals surface area contributed by atoms with Gasteiger partial charge in [0, 0.05) is 74.7 Å². The fraction of sp³-hybridized carbons (Fsp3) is 0.355. The predicted octanol–water partition coefficient (Wildman–Crippen LogP) is 4.79. The zero-order valence-corrected chi connectivity index (χ0v) is 23.4. The van der Waals surface area contributed by atoms with Gasteiger partial charge in [-0.3, -0.25) is 9.58 Å².